The van der Waals surface area contributed by atoms with E-state index in [4.69, 9.17) is 4.74 Å². The van der Waals surface area contributed by atoms with Gasteiger partial charge in [0.2, 0.25) is 0 Å². The van der Waals surface area contributed by atoms with Crippen LogP contribution < -0.4 is 9.64 Å². The topological polar surface area (TPSA) is 38.2 Å². The van der Waals surface area contributed by atoms with E-state index in [2.05, 4.69) is 14.9 Å². The first-order valence-corrected chi connectivity index (χ1v) is 6.80. The van der Waals surface area contributed by atoms with E-state index in [1.54, 1.807) is 7.11 Å². The van der Waals surface area contributed by atoms with Crippen LogP contribution in [0.25, 0.3) is 10.9 Å². The molecule has 0 N–H and O–H groups in total. The van der Waals surface area contributed by atoms with E-state index in [1.807, 2.05) is 62.5 Å². The number of aryl methyl sites for hydroxylation is 1. The molecule has 0 atom stereocenters. The number of hydrogen-bond donors (Lipinski definition) is 0. The van der Waals surface area contributed by atoms with Gasteiger partial charge in [0, 0.05) is 18.1 Å². The van der Waals surface area contributed by atoms with E-state index in [-0.39, 0.29) is 0 Å². The van der Waals surface area contributed by atoms with E-state index in [0.29, 0.717) is 0 Å². The Hall–Kier alpha value is -2.62. The SMILES string of the molecule is COc1ccc(N([11CH3])c2nc(C)nc3ccccc23)cc1. The van der Waals surface area contributed by atoms with Crippen molar-refractivity contribution in [3.8, 4) is 5.75 Å². The second-order valence-corrected chi connectivity index (χ2v) is 4.87. The van der Waals surface area contributed by atoms with Crippen LogP contribution in [-0.4, -0.2) is 24.1 Å². The van der Waals surface area contributed by atoms with Gasteiger partial charge in [-0.1, -0.05) is 12.1 Å². The van der Waals surface area contributed by atoms with Crippen LogP contribution in [0.2, 0.25) is 0 Å². The number of hydrogen-bond acceptors (Lipinski definition) is 4. The van der Waals surface area contributed by atoms with Crippen LogP contribution in [0.3, 0.4) is 0 Å². The van der Waals surface area contributed by atoms with Crippen LogP contribution in [-0.2, 0) is 0 Å². The van der Waals surface area contributed by atoms with Crippen LogP contribution in [0.5, 0.6) is 5.75 Å². The molecule has 0 spiro atoms. The van der Waals surface area contributed by atoms with Gasteiger partial charge in [0.15, 0.2) is 0 Å². The number of anilines is 2. The largest absolute Gasteiger partial charge is 0.497 e. The van der Waals surface area contributed by atoms with Crippen molar-refractivity contribution >= 4 is 22.4 Å². The Morgan fingerprint density at radius 2 is 1.67 bits per heavy atom. The Morgan fingerprint density at radius 1 is 0.952 bits per heavy atom. The Kier molecular flexibility index (Phi) is 3.44. The van der Waals surface area contributed by atoms with Crippen molar-refractivity contribution in [1.29, 1.82) is 0 Å². The molecular formula is C17H17N3O. The van der Waals surface area contributed by atoms with Gasteiger partial charge in [-0.3, -0.25) is 0 Å². The van der Waals surface area contributed by atoms with Crippen molar-refractivity contribution in [3.63, 3.8) is 0 Å². The molecule has 0 amide bonds. The summed E-state index contributed by atoms with van der Waals surface area (Å²) in [5.74, 6) is 2.52. The highest BCUT2D eigenvalue weighted by Crippen LogP contribution is 2.29. The molecule has 0 aliphatic rings. The average molecular weight is 278 g/mol. The first kappa shape index (κ1) is 13.4. The van der Waals surface area contributed by atoms with E-state index in [0.717, 1.165) is 34.0 Å². The first-order chi connectivity index (χ1) is 10.2. The fourth-order valence-electron chi connectivity index (χ4n) is 2.36. The third-order valence-corrected chi connectivity index (χ3v) is 3.47. The quantitative estimate of drug-likeness (QED) is 0.732. The molecule has 21 heavy (non-hydrogen) atoms. The maximum Gasteiger partial charge on any atom is 0.144 e. The van der Waals surface area contributed by atoms with E-state index in [9.17, 15) is 0 Å². The van der Waals surface area contributed by atoms with Gasteiger partial charge in [0.25, 0.3) is 0 Å². The Labute approximate surface area is 124 Å². The fourth-order valence-corrected chi connectivity index (χ4v) is 2.36. The number of nitrogens with zero attached hydrogens (tertiary/aromatic N) is 3. The van der Waals surface area contributed by atoms with Crippen molar-refractivity contribution in [2.45, 2.75) is 6.92 Å². The van der Waals surface area contributed by atoms with Gasteiger partial charge in [-0.25, -0.2) is 9.97 Å². The lowest BCUT2D eigenvalue weighted by molar-refractivity contribution is 0.415. The zero-order valence-electron chi connectivity index (χ0n) is 12.4. The van der Waals surface area contributed by atoms with Gasteiger partial charge < -0.3 is 9.64 Å². The van der Waals surface area contributed by atoms with Crippen molar-refractivity contribution in [1.82, 2.24) is 9.97 Å². The molecule has 0 radical (unpaired) electrons. The highest BCUT2D eigenvalue weighted by atomic mass is 16.5. The summed E-state index contributed by atoms with van der Waals surface area (Å²) in [6, 6.07) is 16.0. The molecule has 4 nitrogen and oxygen atoms in total. The maximum atomic E-state index is 5.20. The van der Waals surface area contributed by atoms with Gasteiger partial charge in [-0.05, 0) is 43.3 Å². The normalized spacial score (nSPS) is 10.6. The highest BCUT2D eigenvalue weighted by molar-refractivity contribution is 5.91. The minimum Gasteiger partial charge on any atom is -0.497 e. The maximum absolute atomic E-state index is 5.20. The van der Waals surface area contributed by atoms with Crippen molar-refractivity contribution < 1.29 is 4.74 Å². The number of benzene rings is 2. The summed E-state index contributed by atoms with van der Waals surface area (Å²) >= 11 is 0. The monoisotopic (exact) mass is 278 g/mol. The van der Waals surface area contributed by atoms with Gasteiger partial charge in [0.1, 0.15) is 17.4 Å². The summed E-state index contributed by atoms with van der Waals surface area (Å²) in [6.07, 6.45) is 0. The lowest BCUT2D eigenvalue weighted by Crippen LogP contribution is -2.12. The lowest BCUT2D eigenvalue weighted by atomic mass is 10.1. The minimum atomic E-state index is 0.768. The van der Waals surface area contributed by atoms with E-state index in [1.165, 1.54) is 0 Å². The van der Waals surface area contributed by atoms with Crippen LogP contribution in [0.15, 0.2) is 48.5 Å². The highest BCUT2D eigenvalue weighted by Gasteiger charge is 2.11. The molecule has 4 heteroatoms. The molecule has 3 rings (SSSR count). The summed E-state index contributed by atoms with van der Waals surface area (Å²) in [7, 11) is 3.68. The molecule has 0 saturated carbocycles. The molecule has 1 aromatic heterocycles. The number of para-hydroxylation sites is 1. The molecule has 0 aliphatic carbocycles. The Balaban J connectivity index is 2.09. The third kappa shape index (κ3) is 2.52. The molecule has 0 unspecified atom stereocenters. The van der Waals surface area contributed by atoms with Gasteiger partial charge >= 0.3 is 0 Å². The number of aromatic nitrogens is 2. The summed E-state index contributed by atoms with van der Waals surface area (Å²) in [5, 5.41) is 1.04. The number of rotatable bonds is 3. The molecule has 0 saturated heterocycles. The lowest BCUT2D eigenvalue weighted by Gasteiger charge is -2.20. The van der Waals surface area contributed by atoms with E-state index >= 15 is 0 Å². The van der Waals surface area contributed by atoms with Gasteiger partial charge in [-0.15, -0.1) is 0 Å². The zero-order valence-corrected chi connectivity index (χ0v) is 12.4. The van der Waals surface area contributed by atoms with Crippen molar-refractivity contribution in [2.24, 2.45) is 0 Å². The standard InChI is InChI=1S/C17H17N3O/c1-12-18-16-7-5-4-6-15(16)17(19-12)20(2)13-8-10-14(21-3)11-9-13/h4-11H,1-3H3/i2-1. The molecule has 2 aromatic carbocycles. The molecule has 0 fully saturated rings. The smallest absolute Gasteiger partial charge is 0.144 e. The Morgan fingerprint density at radius 3 is 2.38 bits per heavy atom. The Bertz CT molecular complexity index is 769. The summed E-state index contributed by atoms with van der Waals surface area (Å²) in [5.41, 5.74) is 2.01. The molecule has 0 aliphatic heterocycles. The molecule has 0 bridgehead atoms. The summed E-state index contributed by atoms with van der Waals surface area (Å²) < 4.78 is 5.20. The predicted octanol–water partition coefficient (Wildman–Crippen LogP) is 3.71. The summed E-state index contributed by atoms with van der Waals surface area (Å²) in [6.45, 7) is 1.91. The second kappa shape index (κ2) is 5.40. The number of ether oxygens (including phenoxy) is 1. The predicted molar refractivity (Wildman–Crippen MR) is 85.3 cm³/mol. The molecule has 3 aromatic rings. The van der Waals surface area contributed by atoms with Crippen LogP contribution >= 0.6 is 0 Å². The van der Waals surface area contributed by atoms with Crippen LogP contribution in [0.1, 0.15) is 5.82 Å². The van der Waals surface area contributed by atoms with Gasteiger partial charge in [0.05, 0.1) is 12.6 Å². The van der Waals surface area contributed by atoms with Crippen molar-refractivity contribution in [3.05, 3.63) is 54.4 Å². The molecule has 106 valence electrons. The number of methoxy groups -OCH3 is 1. The molecule has 1 heterocycles. The zero-order chi connectivity index (χ0) is 14.8. The summed E-state index contributed by atoms with van der Waals surface area (Å²) in [4.78, 5) is 11.2. The van der Waals surface area contributed by atoms with Crippen LogP contribution in [0.4, 0.5) is 11.5 Å². The van der Waals surface area contributed by atoms with Crippen LogP contribution in [0, 0.1) is 6.92 Å². The van der Waals surface area contributed by atoms with Crippen molar-refractivity contribution in [2.75, 3.05) is 19.1 Å². The van der Waals surface area contributed by atoms with E-state index < -0.39 is 0 Å². The average Bonchev–Trinajstić information content (AvgIpc) is 2.53. The second-order valence-electron chi connectivity index (χ2n) is 4.87. The first-order valence-electron chi connectivity index (χ1n) is 6.80. The number of fused-ring (bicyclic) bond motifs is 1. The van der Waals surface area contributed by atoms with Gasteiger partial charge in [-0.2, -0.15) is 0 Å². The third-order valence-electron chi connectivity index (χ3n) is 3.47. The fraction of sp³-hybridized carbons (Fsp3) is 0.176. The molecular weight excluding hydrogens is 261 g/mol. The minimum absolute atomic E-state index is 0.768.